The summed E-state index contributed by atoms with van der Waals surface area (Å²) in [5, 5.41) is 2.96. The van der Waals surface area contributed by atoms with Crippen molar-refractivity contribution in [2.24, 2.45) is 0 Å². The fourth-order valence-electron chi connectivity index (χ4n) is 4.16. The summed E-state index contributed by atoms with van der Waals surface area (Å²) in [5.41, 5.74) is 2.48. The van der Waals surface area contributed by atoms with E-state index in [2.05, 4.69) is 26.1 Å². The summed E-state index contributed by atoms with van der Waals surface area (Å²) in [6.07, 6.45) is 0.338. The monoisotopic (exact) mass is 504 g/mol. The van der Waals surface area contributed by atoms with E-state index in [9.17, 15) is 14.0 Å². The molecule has 5 nitrogen and oxygen atoms in total. The van der Waals surface area contributed by atoms with Gasteiger partial charge in [0.25, 0.3) is 5.91 Å². The Morgan fingerprint density at radius 3 is 2.14 bits per heavy atom. The number of halogens is 1. The van der Waals surface area contributed by atoms with Crippen molar-refractivity contribution in [3.8, 4) is 5.75 Å². The molecule has 0 saturated carbocycles. The van der Waals surface area contributed by atoms with Gasteiger partial charge in [-0.25, -0.2) is 4.39 Å². The second-order valence-electron chi connectivity index (χ2n) is 10.6. The molecule has 0 heterocycles. The maximum absolute atomic E-state index is 13.7. The third-order valence-corrected chi connectivity index (χ3v) is 6.01. The highest BCUT2D eigenvalue weighted by molar-refractivity contribution is 5.88. The second kappa shape index (κ2) is 12.5. The van der Waals surface area contributed by atoms with Gasteiger partial charge in [0.1, 0.15) is 17.6 Å². The molecule has 1 unspecified atom stereocenters. The van der Waals surface area contributed by atoms with Gasteiger partial charge in [0.05, 0.1) is 0 Å². The molecule has 196 valence electrons. The van der Waals surface area contributed by atoms with Crippen LogP contribution >= 0.6 is 0 Å². The van der Waals surface area contributed by atoms with Crippen molar-refractivity contribution < 1.29 is 18.7 Å². The number of hydrogen-bond acceptors (Lipinski definition) is 3. The van der Waals surface area contributed by atoms with Crippen LogP contribution in [0.2, 0.25) is 0 Å². The van der Waals surface area contributed by atoms with Gasteiger partial charge in [0.2, 0.25) is 5.91 Å². The third kappa shape index (κ3) is 8.17. The van der Waals surface area contributed by atoms with E-state index in [0.29, 0.717) is 12.2 Å². The Hall–Kier alpha value is -3.67. The molecular formula is C31H37FN2O3. The van der Waals surface area contributed by atoms with Crippen LogP contribution in [0.25, 0.3) is 0 Å². The van der Waals surface area contributed by atoms with E-state index in [4.69, 9.17) is 4.74 Å². The lowest BCUT2D eigenvalue weighted by Gasteiger charge is -2.32. The van der Waals surface area contributed by atoms with Crippen LogP contribution in [-0.4, -0.2) is 35.4 Å². The van der Waals surface area contributed by atoms with Gasteiger partial charge in [0.15, 0.2) is 6.61 Å². The first-order valence-electron chi connectivity index (χ1n) is 12.6. The lowest BCUT2D eigenvalue weighted by Crippen LogP contribution is -2.52. The Labute approximate surface area is 219 Å². The number of carbonyl (C=O) groups is 2. The highest BCUT2D eigenvalue weighted by Gasteiger charge is 2.31. The minimum Gasteiger partial charge on any atom is -0.483 e. The Morgan fingerprint density at radius 2 is 1.51 bits per heavy atom. The van der Waals surface area contributed by atoms with Gasteiger partial charge in [-0.3, -0.25) is 9.59 Å². The highest BCUT2D eigenvalue weighted by Crippen LogP contribution is 2.31. The van der Waals surface area contributed by atoms with E-state index in [1.54, 1.807) is 12.1 Å². The molecule has 2 amide bonds. The minimum absolute atomic E-state index is 0.0940. The fraction of sp³-hybridized carbons (Fsp3) is 0.355. The molecule has 0 fully saturated rings. The second-order valence-corrected chi connectivity index (χ2v) is 10.6. The number of para-hydroxylation sites is 1. The van der Waals surface area contributed by atoms with Crippen LogP contribution in [0, 0.1) is 5.82 Å². The van der Waals surface area contributed by atoms with Crippen LogP contribution in [0.3, 0.4) is 0 Å². The number of nitrogens with one attached hydrogen (secondary N) is 1. The zero-order valence-electron chi connectivity index (χ0n) is 22.3. The molecule has 0 aliphatic rings. The van der Waals surface area contributed by atoms with Crippen molar-refractivity contribution in [2.75, 3.05) is 6.61 Å². The number of ether oxygens (including phenoxy) is 1. The molecule has 3 rings (SSSR count). The molecule has 0 aromatic heterocycles. The van der Waals surface area contributed by atoms with E-state index in [1.807, 2.05) is 68.4 Å². The predicted octanol–water partition coefficient (Wildman–Crippen LogP) is 5.67. The maximum Gasteiger partial charge on any atom is 0.261 e. The number of benzene rings is 3. The molecule has 3 aromatic carbocycles. The average molecular weight is 505 g/mol. The van der Waals surface area contributed by atoms with E-state index < -0.39 is 6.04 Å². The summed E-state index contributed by atoms with van der Waals surface area (Å²) >= 11 is 0. The van der Waals surface area contributed by atoms with Gasteiger partial charge < -0.3 is 15.0 Å². The first kappa shape index (κ1) is 27.9. The highest BCUT2D eigenvalue weighted by atomic mass is 19.1. The van der Waals surface area contributed by atoms with Gasteiger partial charge in [-0.05, 0) is 54.2 Å². The summed E-state index contributed by atoms with van der Waals surface area (Å²) in [7, 11) is 0. The molecule has 0 radical (unpaired) electrons. The minimum atomic E-state index is -0.774. The lowest BCUT2D eigenvalue weighted by molar-refractivity contribution is -0.143. The van der Waals surface area contributed by atoms with Crippen LogP contribution in [0.5, 0.6) is 5.75 Å². The summed E-state index contributed by atoms with van der Waals surface area (Å²) in [4.78, 5) is 28.7. The van der Waals surface area contributed by atoms with Crippen molar-refractivity contribution in [3.63, 3.8) is 0 Å². The maximum atomic E-state index is 13.7. The Morgan fingerprint density at radius 1 is 0.892 bits per heavy atom. The molecule has 0 aliphatic heterocycles. The molecule has 0 bridgehead atoms. The van der Waals surface area contributed by atoms with Crippen molar-refractivity contribution in [1.82, 2.24) is 10.2 Å². The predicted molar refractivity (Wildman–Crippen MR) is 145 cm³/mol. The van der Waals surface area contributed by atoms with E-state index in [-0.39, 0.29) is 42.2 Å². The summed E-state index contributed by atoms with van der Waals surface area (Å²) in [6, 6.07) is 22.4. The normalized spacial score (nSPS) is 12.2. The molecule has 0 aliphatic carbocycles. The molecule has 3 aromatic rings. The molecule has 37 heavy (non-hydrogen) atoms. The van der Waals surface area contributed by atoms with Crippen LogP contribution in [0.1, 0.15) is 51.3 Å². The number of nitrogens with zero attached hydrogens (tertiary/aromatic N) is 1. The quantitative estimate of drug-likeness (QED) is 0.387. The van der Waals surface area contributed by atoms with Crippen LogP contribution < -0.4 is 10.1 Å². The molecule has 1 atom stereocenters. The summed E-state index contributed by atoms with van der Waals surface area (Å²) in [5.74, 6) is -0.296. The van der Waals surface area contributed by atoms with Crippen LogP contribution in [-0.2, 0) is 28.0 Å². The van der Waals surface area contributed by atoms with E-state index in [0.717, 1.165) is 16.7 Å². The first-order chi connectivity index (χ1) is 17.5. The van der Waals surface area contributed by atoms with Crippen LogP contribution in [0.4, 0.5) is 4.39 Å². The van der Waals surface area contributed by atoms with Gasteiger partial charge in [-0.1, -0.05) is 81.4 Å². The topological polar surface area (TPSA) is 58.6 Å². The van der Waals surface area contributed by atoms with Gasteiger partial charge in [-0.2, -0.15) is 0 Å². The zero-order valence-corrected chi connectivity index (χ0v) is 22.3. The molecule has 0 spiro atoms. The van der Waals surface area contributed by atoms with E-state index >= 15 is 0 Å². The Bertz CT molecular complexity index is 1170. The molecule has 0 saturated heterocycles. The third-order valence-electron chi connectivity index (χ3n) is 6.01. The van der Waals surface area contributed by atoms with E-state index in [1.165, 1.54) is 17.0 Å². The number of rotatable bonds is 10. The molecule has 1 N–H and O–H groups in total. The zero-order chi connectivity index (χ0) is 27.0. The smallest absolute Gasteiger partial charge is 0.261 e. The van der Waals surface area contributed by atoms with Crippen molar-refractivity contribution in [1.29, 1.82) is 0 Å². The van der Waals surface area contributed by atoms with Gasteiger partial charge in [-0.15, -0.1) is 0 Å². The van der Waals surface area contributed by atoms with Crippen molar-refractivity contribution in [2.45, 2.75) is 65.1 Å². The SMILES string of the molecule is CC(C)NC(=O)C(Cc1ccccc1)N(Cc1ccc(F)cc1)C(=O)COc1ccccc1C(C)(C)C. The Balaban J connectivity index is 1.93. The van der Waals surface area contributed by atoms with Gasteiger partial charge in [0, 0.05) is 19.0 Å². The molecular weight excluding hydrogens is 467 g/mol. The van der Waals surface area contributed by atoms with Crippen LogP contribution in [0.15, 0.2) is 78.9 Å². The summed E-state index contributed by atoms with van der Waals surface area (Å²) in [6.45, 7) is 9.95. The first-order valence-corrected chi connectivity index (χ1v) is 12.6. The standard InChI is InChI=1S/C31H37FN2O3/c1-22(2)33-30(36)27(19-23-11-7-6-8-12-23)34(20-24-15-17-25(32)18-16-24)29(35)21-37-28-14-10-9-13-26(28)31(3,4)5/h6-18,22,27H,19-21H2,1-5H3,(H,33,36). The number of amides is 2. The van der Waals surface area contributed by atoms with Crippen molar-refractivity contribution >= 4 is 11.8 Å². The average Bonchev–Trinajstić information content (AvgIpc) is 2.85. The fourth-order valence-corrected chi connectivity index (χ4v) is 4.16. The number of hydrogen-bond donors (Lipinski definition) is 1. The summed E-state index contributed by atoms with van der Waals surface area (Å²) < 4.78 is 19.6. The lowest BCUT2D eigenvalue weighted by atomic mass is 9.86. The largest absolute Gasteiger partial charge is 0.483 e. The molecule has 6 heteroatoms. The van der Waals surface area contributed by atoms with Gasteiger partial charge >= 0.3 is 0 Å². The number of carbonyl (C=O) groups excluding carboxylic acids is 2. The Kier molecular flexibility index (Phi) is 9.45. The van der Waals surface area contributed by atoms with Crippen molar-refractivity contribution in [3.05, 3.63) is 101 Å².